The van der Waals surface area contributed by atoms with Gasteiger partial charge >= 0.3 is 5.69 Å². The Hall–Kier alpha value is -1.51. The molecule has 8 heteroatoms. The van der Waals surface area contributed by atoms with Crippen LogP contribution in [0.3, 0.4) is 0 Å². The Morgan fingerprint density at radius 2 is 2.33 bits per heavy atom. The average Bonchev–Trinajstić information content (AvgIpc) is 2.88. The van der Waals surface area contributed by atoms with E-state index in [1.165, 1.54) is 17.1 Å². The van der Waals surface area contributed by atoms with Gasteiger partial charge in [0.2, 0.25) is 0 Å². The van der Waals surface area contributed by atoms with Crippen LogP contribution >= 0.6 is 0 Å². The van der Waals surface area contributed by atoms with Gasteiger partial charge in [0.25, 0.3) is 0 Å². The zero-order valence-corrected chi connectivity index (χ0v) is 12.2. The molecule has 8 nitrogen and oxygen atoms in total. The number of nitro groups is 1. The number of aromatic nitrogens is 2. The van der Waals surface area contributed by atoms with Crippen LogP contribution in [0.5, 0.6) is 0 Å². The van der Waals surface area contributed by atoms with Crippen LogP contribution in [0, 0.1) is 15.5 Å². The third-order valence-electron chi connectivity index (χ3n) is 3.86. The van der Waals surface area contributed by atoms with E-state index in [0.717, 1.165) is 32.6 Å². The summed E-state index contributed by atoms with van der Waals surface area (Å²) in [4.78, 5) is 10.0. The van der Waals surface area contributed by atoms with Crippen molar-refractivity contribution < 1.29 is 14.8 Å². The Morgan fingerprint density at radius 1 is 1.62 bits per heavy atom. The summed E-state index contributed by atoms with van der Waals surface area (Å²) >= 11 is 0. The molecule has 118 valence electrons. The fourth-order valence-electron chi connectivity index (χ4n) is 2.41. The Balaban J connectivity index is 1.71. The van der Waals surface area contributed by atoms with Crippen LogP contribution in [0.1, 0.15) is 19.8 Å². The van der Waals surface area contributed by atoms with Gasteiger partial charge in [-0.1, -0.05) is 6.92 Å². The molecular weight excluding hydrogens is 276 g/mol. The topological polar surface area (TPSA) is 102 Å². The first kappa shape index (κ1) is 15.9. The molecule has 1 aromatic rings. The maximum atomic E-state index is 10.5. The second-order valence-electron chi connectivity index (χ2n) is 5.89. The van der Waals surface area contributed by atoms with Gasteiger partial charge in [-0.15, -0.1) is 0 Å². The summed E-state index contributed by atoms with van der Waals surface area (Å²) in [6.07, 6.45) is 3.91. The van der Waals surface area contributed by atoms with Crippen molar-refractivity contribution in [3.8, 4) is 0 Å². The van der Waals surface area contributed by atoms with Gasteiger partial charge in [0.05, 0.1) is 17.6 Å². The summed E-state index contributed by atoms with van der Waals surface area (Å²) in [7, 11) is 0. The molecule has 1 aromatic heterocycles. The summed E-state index contributed by atoms with van der Waals surface area (Å²) in [5, 5.41) is 27.6. The Bertz CT molecular complexity index is 470. The number of hydrogen-bond acceptors (Lipinski definition) is 6. The smallest absolute Gasteiger partial charge is 0.306 e. The van der Waals surface area contributed by atoms with Crippen molar-refractivity contribution in [1.82, 2.24) is 15.1 Å². The van der Waals surface area contributed by atoms with E-state index in [4.69, 9.17) is 4.74 Å². The monoisotopic (exact) mass is 298 g/mol. The van der Waals surface area contributed by atoms with Crippen LogP contribution in [0.2, 0.25) is 0 Å². The molecule has 1 atom stereocenters. The molecular formula is C13H22N4O4. The van der Waals surface area contributed by atoms with E-state index < -0.39 is 11.0 Å². The molecule has 2 rings (SSSR count). The largest absolute Gasteiger partial charge is 0.390 e. The second kappa shape index (κ2) is 6.97. The van der Waals surface area contributed by atoms with Crippen molar-refractivity contribution in [1.29, 1.82) is 0 Å². The fourth-order valence-corrected chi connectivity index (χ4v) is 2.41. The molecule has 1 saturated heterocycles. The minimum absolute atomic E-state index is 0.0649. The SMILES string of the molecule is CC1(CNCC(O)Cn2cc([N+](=O)[O-])cn2)CCOCC1. The molecule has 1 unspecified atom stereocenters. The molecule has 0 bridgehead atoms. The van der Waals surface area contributed by atoms with Crippen molar-refractivity contribution >= 4 is 5.69 Å². The highest BCUT2D eigenvalue weighted by molar-refractivity contribution is 5.20. The molecule has 0 saturated carbocycles. The van der Waals surface area contributed by atoms with Gasteiger partial charge in [-0.2, -0.15) is 5.10 Å². The molecule has 0 amide bonds. The lowest BCUT2D eigenvalue weighted by Crippen LogP contribution is -2.40. The molecule has 21 heavy (non-hydrogen) atoms. The quantitative estimate of drug-likeness (QED) is 0.563. The van der Waals surface area contributed by atoms with E-state index in [9.17, 15) is 15.2 Å². The highest BCUT2D eigenvalue weighted by Gasteiger charge is 2.27. The zero-order valence-electron chi connectivity index (χ0n) is 12.2. The number of ether oxygens (including phenoxy) is 1. The molecule has 0 aliphatic carbocycles. The van der Waals surface area contributed by atoms with E-state index in [0.29, 0.717) is 6.54 Å². The van der Waals surface area contributed by atoms with Gasteiger partial charge in [-0.3, -0.25) is 14.8 Å². The Labute approximate surface area is 123 Å². The van der Waals surface area contributed by atoms with Crippen LogP contribution in [0.25, 0.3) is 0 Å². The predicted molar refractivity (Wildman–Crippen MR) is 75.9 cm³/mol. The van der Waals surface area contributed by atoms with E-state index in [2.05, 4.69) is 17.3 Å². The first-order chi connectivity index (χ1) is 9.98. The van der Waals surface area contributed by atoms with Crippen molar-refractivity contribution in [3.05, 3.63) is 22.5 Å². The zero-order chi connectivity index (χ0) is 15.3. The van der Waals surface area contributed by atoms with Crippen molar-refractivity contribution in [2.75, 3.05) is 26.3 Å². The molecule has 0 spiro atoms. The van der Waals surface area contributed by atoms with Gasteiger partial charge < -0.3 is 15.2 Å². The third kappa shape index (κ3) is 4.76. The van der Waals surface area contributed by atoms with Gasteiger partial charge in [0, 0.05) is 26.3 Å². The fraction of sp³-hybridized carbons (Fsp3) is 0.769. The van der Waals surface area contributed by atoms with Gasteiger partial charge in [-0.25, -0.2) is 0 Å². The average molecular weight is 298 g/mol. The highest BCUT2D eigenvalue weighted by atomic mass is 16.6. The van der Waals surface area contributed by atoms with E-state index >= 15 is 0 Å². The summed E-state index contributed by atoms with van der Waals surface area (Å²) in [5.74, 6) is 0. The van der Waals surface area contributed by atoms with Gasteiger partial charge in [0.1, 0.15) is 12.4 Å². The van der Waals surface area contributed by atoms with E-state index in [1.54, 1.807) is 0 Å². The molecule has 0 aromatic carbocycles. The number of aliphatic hydroxyl groups excluding tert-OH is 1. The normalized spacial score (nSPS) is 19.3. The molecule has 1 fully saturated rings. The number of nitrogens with one attached hydrogen (secondary N) is 1. The summed E-state index contributed by atoms with van der Waals surface area (Å²) in [6.45, 7) is 5.29. The molecule has 1 aliphatic rings. The first-order valence-corrected chi connectivity index (χ1v) is 7.12. The van der Waals surface area contributed by atoms with Crippen LogP contribution < -0.4 is 5.32 Å². The maximum absolute atomic E-state index is 10.5. The second-order valence-corrected chi connectivity index (χ2v) is 5.89. The summed E-state index contributed by atoms with van der Waals surface area (Å²) < 4.78 is 6.74. The predicted octanol–water partition coefficient (Wildman–Crippen LogP) is 0.558. The molecule has 0 radical (unpaired) electrons. The number of hydrogen-bond donors (Lipinski definition) is 2. The van der Waals surface area contributed by atoms with Gasteiger partial charge in [-0.05, 0) is 18.3 Å². The first-order valence-electron chi connectivity index (χ1n) is 7.12. The maximum Gasteiger partial charge on any atom is 0.306 e. The van der Waals surface area contributed by atoms with E-state index in [1.807, 2.05) is 0 Å². The number of aliphatic hydroxyl groups is 1. The van der Waals surface area contributed by atoms with Crippen molar-refractivity contribution in [2.45, 2.75) is 32.4 Å². The lowest BCUT2D eigenvalue weighted by molar-refractivity contribution is -0.385. The molecule has 2 N–H and O–H groups in total. The van der Waals surface area contributed by atoms with Crippen LogP contribution in [-0.4, -0.2) is 52.2 Å². The minimum Gasteiger partial charge on any atom is -0.390 e. The summed E-state index contributed by atoms with van der Waals surface area (Å²) in [5.41, 5.74) is 0.146. The Morgan fingerprint density at radius 3 is 2.95 bits per heavy atom. The van der Waals surface area contributed by atoms with Crippen molar-refractivity contribution in [3.63, 3.8) is 0 Å². The lowest BCUT2D eigenvalue weighted by Gasteiger charge is -2.34. The Kier molecular flexibility index (Phi) is 5.27. The standard InChI is InChI=1S/C13H22N4O4/c1-13(2-4-21-5-3-13)10-14-7-12(18)9-16-8-11(6-15-16)17(19)20/h6,8,12,14,18H,2-5,7,9-10H2,1H3. The van der Waals surface area contributed by atoms with Crippen LogP contribution in [0.4, 0.5) is 5.69 Å². The number of nitrogens with zero attached hydrogens (tertiary/aromatic N) is 3. The summed E-state index contributed by atoms with van der Waals surface area (Å²) in [6, 6.07) is 0. The lowest BCUT2D eigenvalue weighted by atomic mass is 9.82. The van der Waals surface area contributed by atoms with Crippen molar-refractivity contribution in [2.24, 2.45) is 5.41 Å². The third-order valence-corrected chi connectivity index (χ3v) is 3.86. The van der Waals surface area contributed by atoms with Gasteiger partial charge in [0.15, 0.2) is 0 Å². The molecule has 2 heterocycles. The number of rotatable bonds is 7. The van der Waals surface area contributed by atoms with E-state index in [-0.39, 0.29) is 17.6 Å². The minimum atomic E-state index is -0.632. The van der Waals surface area contributed by atoms with Crippen LogP contribution in [0.15, 0.2) is 12.4 Å². The molecule has 1 aliphatic heterocycles. The highest BCUT2D eigenvalue weighted by Crippen LogP contribution is 2.28. The van der Waals surface area contributed by atoms with Crippen LogP contribution in [-0.2, 0) is 11.3 Å².